The maximum atomic E-state index is 11.9. The summed E-state index contributed by atoms with van der Waals surface area (Å²) in [4.78, 5) is 23.9. The molecule has 6 atom stereocenters. The Bertz CT molecular complexity index is 620. The molecular weight excluding hydrogens is 536 g/mol. The third-order valence-electron chi connectivity index (χ3n) is 6.16. The van der Waals surface area contributed by atoms with Gasteiger partial charge in [0.15, 0.2) is 0 Å². The molecule has 0 saturated heterocycles. The molecule has 0 spiro atoms. The standard InChI is InChI=1S/C26H50O10S2/c1-5-7-9-23(27)17-21(3)25(37(29)30)19-35-15-13-33-11-12-34-14-16-36-20-26(38(31)32)22(4)18-24(28)10-8-6-2/h21-22,25-26H,5-20H2,1-4H3,(H,29,30)(H,31,32)/p-2. The minimum atomic E-state index is -2.33. The van der Waals surface area contributed by atoms with Gasteiger partial charge in [-0.25, -0.2) is 0 Å². The molecule has 0 aromatic rings. The topological polar surface area (TPSA) is 151 Å². The summed E-state index contributed by atoms with van der Waals surface area (Å²) in [6.07, 6.45) is 4.88. The van der Waals surface area contributed by atoms with E-state index in [0.29, 0.717) is 26.1 Å². The zero-order valence-electron chi connectivity index (χ0n) is 23.5. The molecule has 0 fully saturated rings. The molecule has 0 aromatic carbocycles. The lowest BCUT2D eigenvalue weighted by Crippen LogP contribution is -2.31. The van der Waals surface area contributed by atoms with Crippen LogP contribution in [0.2, 0.25) is 0 Å². The van der Waals surface area contributed by atoms with Gasteiger partial charge in [-0.1, -0.05) is 40.5 Å². The Labute approximate surface area is 233 Å². The summed E-state index contributed by atoms with van der Waals surface area (Å²) in [5, 5.41) is -1.49. The van der Waals surface area contributed by atoms with E-state index in [2.05, 4.69) is 0 Å². The fraction of sp³-hybridized carbons (Fsp3) is 0.923. The van der Waals surface area contributed by atoms with Crippen LogP contribution in [0.1, 0.15) is 79.1 Å². The molecule has 0 aromatic heterocycles. The summed E-state index contributed by atoms with van der Waals surface area (Å²) in [6.45, 7) is 9.14. The quantitative estimate of drug-likeness (QED) is 0.104. The van der Waals surface area contributed by atoms with Gasteiger partial charge < -0.3 is 28.1 Å². The van der Waals surface area contributed by atoms with Crippen molar-refractivity contribution in [3.8, 4) is 0 Å². The fourth-order valence-electron chi connectivity index (χ4n) is 3.71. The summed E-state index contributed by atoms with van der Waals surface area (Å²) < 4.78 is 67.8. The third kappa shape index (κ3) is 19.5. The van der Waals surface area contributed by atoms with Crippen LogP contribution in [0.15, 0.2) is 0 Å². The number of Topliss-reactive ketones (excluding diaryl/α,β-unsaturated/α-hetero) is 2. The van der Waals surface area contributed by atoms with E-state index in [1.807, 2.05) is 13.8 Å². The lowest BCUT2D eigenvalue weighted by Gasteiger charge is -2.25. The van der Waals surface area contributed by atoms with E-state index in [0.717, 1.165) is 25.7 Å². The van der Waals surface area contributed by atoms with Gasteiger partial charge in [-0.05, 0) is 46.8 Å². The summed E-state index contributed by atoms with van der Waals surface area (Å²) >= 11 is -4.66. The SMILES string of the molecule is CCCCC(=O)CC(C)C(COCCOCCOCCOCC(C(C)CC(=O)CCCC)S(=O)[O-])S(=O)[O-]. The van der Waals surface area contributed by atoms with Crippen LogP contribution in [0, 0.1) is 11.8 Å². The first-order chi connectivity index (χ1) is 18.1. The monoisotopic (exact) mass is 584 g/mol. The largest absolute Gasteiger partial charge is 0.772 e. The van der Waals surface area contributed by atoms with Gasteiger partial charge in [0.25, 0.3) is 0 Å². The lowest BCUT2D eigenvalue weighted by atomic mass is 9.98. The Balaban J connectivity index is 3.92. The van der Waals surface area contributed by atoms with Crippen molar-refractivity contribution >= 4 is 33.7 Å². The zero-order chi connectivity index (χ0) is 28.8. The predicted molar refractivity (Wildman–Crippen MR) is 145 cm³/mol. The first-order valence-corrected chi connectivity index (χ1v) is 15.9. The Morgan fingerprint density at radius 2 is 0.947 bits per heavy atom. The van der Waals surface area contributed by atoms with Gasteiger partial charge in [0.2, 0.25) is 0 Å². The van der Waals surface area contributed by atoms with Gasteiger partial charge in [-0.3, -0.25) is 18.0 Å². The molecule has 10 nitrogen and oxygen atoms in total. The van der Waals surface area contributed by atoms with E-state index >= 15 is 0 Å². The number of carbonyl (C=O) groups is 2. The summed E-state index contributed by atoms with van der Waals surface area (Å²) in [6, 6.07) is 0. The number of ether oxygens (including phenoxy) is 4. The van der Waals surface area contributed by atoms with Crippen molar-refractivity contribution < 1.29 is 46.1 Å². The van der Waals surface area contributed by atoms with Gasteiger partial charge in [-0.2, -0.15) is 0 Å². The average Bonchev–Trinajstić information content (AvgIpc) is 2.85. The first kappa shape index (κ1) is 37.4. The highest BCUT2D eigenvalue weighted by molar-refractivity contribution is 7.80. The number of carbonyl (C=O) groups excluding carboxylic acids is 2. The van der Waals surface area contributed by atoms with Crippen LogP contribution in [0.3, 0.4) is 0 Å². The van der Waals surface area contributed by atoms with E-state index in [9.17, 15) is 27.1 Å². The molecular formula is C26H48O10S2-2. The van der Waals surface area contributed by atoms with Crippen LogP contribution >= 0.6 is 0 Å². The maximum Gasteiger partial charge on any atom is 0.133 e. The normalized spacial score (nSPS) is 16.5. The highest BCUT2D eigenvalue weighted by Gasteiger charge is 2.22. The van der Waals surface area contributed by atoms with E-state index < -0.39 is 32.7 Å². The molecule has 0 heterocycles. The average molecular weight is 585 g/mol. The molecule has 0 bridgehead atoms. The van der Waals surface area contributed by atoms with Crippen LogP contribution < -0.4 is 0 Å². The molecule has 12 heteroatoms. The van der Waals surface area contributed by atoms with E-state index in [1.165, 1.54) is 0 Å². The molecule has 0 saturated carbocycles. The predicted octanol–water partition coefficient (Wildman–Crippen LogP) is 3.12. The molecule has 38 heavy (non-hydrogen) atoms. The van der Waals surface area contributed by atoms with E-state index in [1.54, 1.807) is 13.8 Å². The second-order valence-corrected chi connectivity index (χ2v) is 11.9. The fourth-order valence-corrected chi connectivity index (χ4v) is 5.07. The zero-order valence-corrected chi connectivity index (χ0v) is 25.2. The minimum Gasteiger partial charge on any atom is -0.772 e. The number of hydrogen-bond acceptors (Lipinski definition) is 10. The smallest absolute Gasteiger partial charge is 0.133 e. The molecule has 6 unspecified atom stereocenters. The van der Waals surface area contributed by atoms with Gasteiger partial charge >= 0.3 is 0 Å². The molecule has 0 aliphatic carbocycles. The molecule has 0 rings (SSSR count). The Morgan fingerprint density at radius 1 is 0.632 bits per heavy atom. The van der Waals surface area contributed by atoms with Crippen molar-refractivity contribution in [2.45, 2.75) is 89.6 Å². The van der Waals surface area contributed by atoms with Gasteiger partial charge in [-0.15, -0.1) is 0 Å². The van der Waals surface area contributed by atoms with Crippen LogP contribution in [0.4, 0.5) is 0 Å². The van der Waals surface area contributed by atoms with Crippen molar-refractivity contribution in [1.29, 1.82) is 0 Å². The second-order valence-electron chi connectivity index (χ2n) is 9.62. The number of unbranched alkanes of at least 4 members (excludes halogenated alkanes) is 2. The van der Waals surface area contributed by atoms with Crippen molar-refractivity contribution in [2.75, 3.05) is 52.9 Å². The van der Waals surface area contributed by atoms with E-state index in [4.69, 9.17) is 18.9 Å². The van der Waals surface area contributed by atoms with Crippen molar-refractivity contribution in [3.05, 3.63) is 0 Å². The van der Waals surface area contributed by atoms with Crippen LogP contribution in [-0.4, -0.2) is 92.4 Å². The second kappa shape index (κ2) is 24.2. The van der Waals surface area contributed by atoms with Crippen LogP contribution in [0.25, 0.3) is 0 Å². The summed E-state index contributed by atoms with van der Waals surface area (Å²) in [5.74, 6) is -0.468. The highest BCUT2D eigenvalue weighted by atomic mass is 32.2. The first-order valence-electron chi connectivity index (χ1n) is 13.6. The number of rotatable bonds is 27. The number of ketones is 2. The maximum absolute atomic E-state index is 11.9. The molecule has 226 valence electrons. The summed E-state index contributed by atoms with van der Waals surface area (Å²) in [7, 11) is 0. The van der Waals surface area contributed by atoms with Crippen LogP contribution in [0.5, 0.6) is 0 Å². The Kier molecular flexibility index (Phi) is 23.8. The van der Waals surface area contributed by atoms with Crippen molar-refractivity contribution in [3.63, 3.8) is 0 Å². The molecule has 0 aliphatic heterocycles. The molecule has 0 aliphatic rings. The molecule has 0 amide bonds. The molecule has 0 radical (unpaired) electrons. The van der Waals surface area contributed by atoms with Crippen molar-refractivity contribution in [1.82, 2.24) is 0 Å². The lowest BCUT2D eigenvalue weighted by molar-refractivity contribution is -0.120. The van der Waals surface area contributed by atoms with E-state index in [-0.39, 0.29) is 75.9 Å². The highest BCUT2D eigenvalue weighted by Crippen LogP contribution is 2.17. The van der Waals surface area contributed by atoms with Crippen LogP contribution in [-0.2, 0) is 50.7 Å². The Hall–Kier alpha value is -0.600. The van der Waals surface area contributed by atoms with Gasteiger partial charge in [0.1, 0.15) is 11.6 Å². The van der Waals surface area contributed by atoms with Crippen molar-refractivity contribution in [2.24, 2.45) is 11.8 Å². The third-order valence-corrected chi connectivity index (χ3v) is 8.35. The van der Waals surface area contributed by atoms with Gasteiger partial charge in [0, 0.05) is 36.2 Å². The van der Waals surface area contributed by atoms with Gasteiger partial charge in [0.05, 0.1) is 52.9 Å². The molecule has 0 N–H and O–H groups in total. The Morgan fingerprint density at radius 3 is 1.24 bits per heavy atom. The number of hydrogen-bond donors (Lipinski definition) is 0. The minimum absolute atomic E-state index is 0.0101. The summed E-state index contributed by atoms with van der Waals surface area (Å²) in [5.41, 5.74) is 0.